The summed E-state index contributed by atoms with van der Waals surface area (Å²) in [6, 6.07) is 11.4. The lowest BCUT2D eigenvalue weighted by Crippen LogP contribution is -2.21. The van der Waals surface area contributed by atoms with Gasteiger partial charge in [-0.25, -0.2) is 28.7 Å². The van der Waals surface area contributed by atoms with Crippen LogP contribution in [0.3, 0.4) is 0 Å². The van der Waals surface area contributed by atoms with Crippen molar-refractivity contribution >= 4 is 38.6 Å². The molecule has 4 N–H and O–H groups in total. The normalized spacial score (nSPS) is 14.7. The first kappa shape index (κ1) is 22.1. The molecule has 1 aromatic carbocycles. The second kappa shape index (κ2) is 9.64. The second-order valence-corrected chi connectivity index (χ2v) is 9.98. The summed E-state index contributed by atoms with van der Waals surface area (Å²) in [4.78, 5) is 19.1. The van der Waals surface area contributed by atoms with Gasteiger partial charge in [-0.2, -0.15) is 0 Å². The summed E-state index contributed by atoms with van der Waals surface area (Å²) in [7, 11) is -3.75. The molecule has 3 aromatic heterocycles. The zero-order valence-corrected chi connectivity index (χ0v) is 19.3. The van der Waals surface area contributed by atoms with Gasteiger partial charge in [0.05, 0.1) is 23.5 Å². The number of aromatic nitrogens is 5. The average molecular weight is 481 g/mol. The molecule has 34 heavy (non-hydrogen) atoms. The molecule has 10 nitrogen and oxygen atoms in total. The molecule has 0 amide bonds. The third-order valence-corrected chi connectivity index (χ3v) is 7.19. The Morgan fingerprint density at radius 1 is 1.06 bits per heavy atom. The smallest absolute Gasteiger partial charge is 0.399 e. The number of aromatic amines is 2. The van der Waals surface area contributed by atoms with E-state index in [9.17, 15) is 8.42 Å². The summed E-state index contributed by atoms with van der Waals surface area (Å²) in [6.07, 6.45) is 9.29. The number of rotatable bonds is 8. The molecule has 1 aliphatic rings. The van der Waals surface area contributed by atoms with E-state index in [2.05, 4.69) is 35.0 Å². The molecular weight excluding hydrogens is 454 g/mol. The molecule has 1 aliphatic carbocycles. The van der Waals surface area contributed by atoms with Gasteiger partial charge in [0.15, 0.2) is 5.52 Å². The van der Waals surface area contributed by atoms with Crippen molar-refractivity contribution in [2.24, 2.45) is 5.92 Å². The van der Waals surface area contributed by atoms with Crippen molar-refractivity contribution in [2.45, 2.75) is 37.0 Å². The van der Waals surface area contributed by atoms with Crippen LogP contribution in [0, 0.1) is 5.92 Å². The van der Waals surface area contributed by atoms with E-state index in [4.69, 9.17) is 4.74 Å². The fraction of sp³-hybridized carbons (Fsp3) is 0.304. The Hall–Kier alpha value is -3.73. The Kier molecular flexibility index (Phi) is 6.26. The lowest BCUT2D eigenvalue weighted by atomic mass is 9.90. The van der Waals surface area contributed by atoms with Gasteiger partial charge in [0, 0.05) is 6.20 Å². The number of hydrogen-bond acceptors (Lipinski definition) is 7. The van der Waals surface area contributed by atoms with Crippen LogP contribution in [0.4, 0.5) is 17.5 Å². The molecule has 1 fully saturated rings. The first-order chi connectivity index (χ1) is 16.6. The maximum absolute atomic E-state index is 12.6. The Labute approximate surface area is 197 Å². The van der Waals surface area contributed by atoms with Crippen molar-refractivity contribution < 1.29 is 18.1 Å². The maximum atomic E-state index is 12.6. The zero-order chi connectivity index (χ0) is 23.4. The Morgan fingerprint density at radius 2 is 1.88 bits per heavy atom. The summed E-state index contributed by atoms with van der Waals surface area (Å²) < 4.78 is 33.8. The van der Waals surface area contributed by atoms with E-state index in [1.165, 1.54) is 50.4 Å². The van der Waals surface area contributed by atoms with Crippen LogP contribution in [0.15, 0.2) is 59.9 Å². The largest absolute Gasteiger partial charge is 0.466 e. The number of nitrogens with one attached hydrogen (secondary N) is 4. The number of fused-ring (bicyclic) bond motifs is 1. The molecule has 0 aliphatic heterocycles. The molecule has 4 aromatic rings. The van der Waals surface area contributed by atoms with Crippen LogP contribution in [0.5, 0.6) is 5.88 Å². The third kappa shape index (κ3) is 5.09. The van der Waals surface area contributed by atoms with Crippen LogP contribution in [0.25, 0.3) is 11.2 Å². The summed E-state index contributed by atoms with van der Waals surface area (Å²) in [5.74, 6) is 1.84. The number of ether oxygens (including phenoxy) is 1. The van der Waals surface area contributed by atoms with Crippen LogP contribution in [-0.2, 0) is 10.0 Å². The molecule has 11 heteroatoms. The molecular formula is C23H26N7O3S+. The fourth-order valence-electron chi connectivity index (χ4n) is 4.04. The lowest BCUT2D eigenvalue weighted by Gasteiger charge is -2.21. The minimum Gasteiger partial charge on any atom is -0.466 e. The van der Waals surface area contributed by atoms with Gasteiger partial charge in [-0.3, -0.25) is 4.72 Å². The number of pyridine rings is 1. The van der Waals surface area contributed by atoms with Crippen molar-refractivity contribution in [1.82, 2.24) is 19.9 Å². The predicted octanol–water partition coefficient (Wildman–Crippen LogP) is 3.67. The van der Waals surface area contributed by atoms with Crippen LogP contribution < -0.4 is 19.8 Å². The molecule has 3 heterocycles. The summed E-state index contributed by atoms with van der Waals surface area (Å²) >= 11 is 0. The van der Waals surface area contributed by atoms with E-state index in [0.717, 1.165) is 0 Å². The first-order valence-corrected chi connectivity index (χ1v) is 12.8. The summed E-state index contributed by atoms with van der Waals surface area (Å²) in [5.41, 5.74) is 1.90. The number of nitrogens with zero attached hydrogens (tertiary/aromatic N) is 3. The lowest BCUT2D eigenvalue weighted by molar-refractivity contribution is -0.380. The molecule has 1 saturated carbocycles. The molecule has 0 unspecified atom stereocenters. The van der Waals surface area contributed by atoms with Gasteiger partial charge in [-0.15, -0.1) is 0 Å². The number of H-pyrrole nitrogens is 2. The first-order valence-electron chi connectivity index (χ1n) is 11.3. The number of benzene rings is 1. The average Bonchev–Trinajstić information content (AvgIpc) is 3.33. The molecule has 176 valence electrons. The van der Waals surface area contributed by atoms with E-state index < -0.39 is 10.0 Å². The van der Waals surface area contributed by atoms with Gasteiger partial charge in [0.1, 0.15) is 5.82 Å². The van der Waals surface area contributed by atoms with Crippen LogP contribution in [0.2, 0.25) is 0 Å². The standard InChI is InChI=1S/C23H25N7O3S/c31-34(32,30-19-8-4-5-13-24-19)18-11-9-17(10-12-18)27-23-28-21-20(25-15-26-21)22(29-23)33-14-16-6-2-1-3-7-16/h4-5,8-13,15-16H,1-3,6-7,14H2,(H,24,30)(H2,25,26,27,28,29)/p+1. The number of imidazole rings is 1. The predicted molar refractivity (Wildman–Crippen MR) is 127 cm³/mol. The quantitative estimate of drug-likeness (QED) is 0.350. The SMILES string of the molecule is O=S(=O)(Nc1ccccn1)c1ccc(Nc2nc3nc[nH]c3c(OCC3CCCCC3)[nH+]2)cc1. The highest BCUT2D eigenvalue weighted by molar-refractivity contribution is 7.92. The number of sulfonamides is 1. The molecule has 0 bridgehead atoms. The van der Waals surface area contributed by atoms with Crippen molar-refractivity contribution in [1.29, 1.82) is 0 Å². The number of anilines is 3. The Morgan fingerprint density at radius 3 is 2.65 bits per heavy atom. The highest BCUT2D eigenvalue weighted by Crippen LogP contribution is 2.26. The summed E-state index contributed by atoms with van der Waals surface area (Å²) in [5, 5.41) is 3.16. The minimum absolute atomic E-state index is 0.125. The highest BCUT2D eigenvalue weighted by Gasteiger charge is 2.21. The summed E-state index contributed by atoms with van der Waals surface area (Å²) in [6.45, 7) is 0.643. The van der Waals surface area contributed by atoms with Crippen molar-refractivity contribution in [3.63, 3.8) is 0 Å². The monoisotopic (exact) mass is 480 g/mol. The molecule has 5 rings (SSSR count). The van der Waals surface area contributed by atoms with Crippen molar-refractivity contribution in [3.8, 4) is 5.88 Å². The maximum Gasteiger partial charge on any atom is 0.399 e. The highest BCUT2D eigenvalue weighted by atomic mass is 32.2. The van der Waals surface area contributed by atoms with Crippen LogP contribution >= 0.6 is 0 Å². The van der Waals surface area contributed by atoms with E-state index in [-0.39, 0.29) is 10.7 Å². The van der Waals surface area contributed by atoms with Crippen LogP contribution in [-0.4, -0.2) is 35.0 Å². The van der Waals surface area contributed by atoms with Gasteiger partial charge in [0.25, 0.3) is 21.6 Å². The topological polar surface area (TPSA) is 136 Å². The molecule has 0 saturated heterocycles. The zero-order valence-electron chi connectivity index (χ0n) is 18.5. The van der Waals surface area contributed by atoms with E-state index >= 15 is 0 Å². The van der Waals surface area contributed by atoms with Gasteiger partial charge in [-0.1, -0.05) is 25.3 Å². The Bertz CT molecular complexity index is 1350. The molecule has 0 atom stereocenters. The minimum atomic E-state index is -3.75. The van der Waals surface area contributed by atoms with Crippen molar-refractivity contribution in [3.05, 3.63) is 55.0 Å². The van der Waals surface area contributed by atoms with Gasteiger partial charge >= 0.3 is 5.95 Å². The van der Waals surface area contributed by atoms with E-state index in [1.807, 2.05) is 0 Å². The Balaban J connectivity index is 1.31. The van der Waals surface area contributed by atoms with E-state index in [0.29, 0.717) is 41.2 Å². The second-order valence-electron chi connectivity index (χ2n) is 8.30. The number of hydrogen-bond donors (Lipinski definition) is 3. The van der Waals surface area contributed by atoms with Crippen LogP contribution in [0.1, 0.15) is 32.1 Å². The van der Waals surface area contributed by atoms with E-state index in [1.54, 1.807) is 36.7 Å². The molecule has 0 radical (unpaired) electrons. The van der Waals surface area contributed by atoms with Gasteiger partial charge in [0.2, 0.25) is 0 Å². The van der Waals surface area contributed by atoms with Gasteiger partial charge < -0.3 is 9.72 Å². The van der Waals surface area contributed by atoms with Gasteiger partial charge in [-0.05, 0) is 60.1 Å². The third-order valence-electron chi connectivity index (χ3n) is 5.82. The fourth-order valence-corrected chi connectivity index (χ4v) is 5.05. The molecule has 0 spiro atoms. The van der Waals surface area contributed by atoms with Crippen molar-refractivity contribution in [2.75, 3.05) is 16.6 Å².